The first kappa shape index (κ1) is 14.3. The lowest BCUT2D eigenvalue weighted by atomic mass is 10.3. The van der Waals surface area contributed by atoms with Crippen molar-refractivity contribution in [3.05, 3.63) is 0 Å². The van der Waals surface area contributed by atoms with E-state index < -0.39 is 0 Å². The zero-order valence-electron chi connectivity index (χ0n) is 8.56. The molecule has 0 aliphatic rings. The second-order valence-electron chi connectivity index (χ2n) is 2.95. The highest BCUT2D eigenvalue weighted by Gasteiger charge is 2.06. The number of alkyl halides is 2. The van der Waals surface area contributed by atoms with Crippen molar-refractivity contribution in [1.82, 2.24) is 10.2 Å². The molecule has 0 radical (unpaired) electrons. The van der Waals surface area contributed by atoms with Crippen LogP contribution in [0.25, 0.3) is 0 Å². The molecule has 0 saturated carbocycles. The highest BCUT2D eigenvalue weighted by Crippen LogP contribution is 1.94. The summed E-state index contributed by atoms with van der Waals surface area (Å²) in [4.78, 5) is 2.00. The molecule has 0 amide bonds. The SMILES string of the molecule is CCCCNC(=S)N(CCCl)CCCl. The molecule has 0 heterocycles. The van der Waals surface area contributed by atoms with Crippen LogP contribution in [-0.2, 0) is 0 Å². The van der Waals surface area contributed by atoms with Gasteiger partial charge < -0.3 is 10.2 Å². The number of rotatable bonds is 7. The number of halogens is 2. The molecule has 84 valence electrons. The third-order valence-electron chi connectivity index (χ3n) is 1.80. The van der Waals surface area contributed by atoms with Gasteiger partial charge in [-0.1, -0.05) is 13.3 Å². The molecule has 0 aliphatic heterocycles. The van der Waals surface area contributed by atoms with Crippen LogP contribution in [0.2, 0.25) is 0 Å². The van der Waals surface area contributed by atoms with Crippen LogP contribution in [0.4, 0.5) is 0 Å². The lowest BCUT2D eigenvalue weighted by Crippen LogP contribution is -2.42. The summed E-state index contributed by atoms with van der Waals surface area (Å²) in [5, 5.41) is 3.96. The van der Waals surface area contributed by atoms with Crippen LogP contribution in [0.15, 0.2) is 0 Å². The van der Waals surface area contributed by atoms with Crippen molar-refractivity contribution in [2.24, 2.45) is 0 Å². The van der Waals surface area contributed by atoms with Gasteiger partial charge in [-0.05, 0) is 18.6 Å². The molecule has 0 aliphatic carbocycles. The van der Waals surface area contributed by atoms with Gasteiger partial charge in [0.2, 0.25) is 0 Å². The van der Waals surface area contributed by atoms with E-state index >= 15 is 0 Å². The highest BCUT2D eigenvalue weighted by molar-refractivity contribution is 7.80. The van der Waals surface area contributed by atoms with E-state index in [2.05, 4.69) is 12.2 Å². The standard InChI is InChI=1S/C9H18Cl2N2S/c1-2-3-6-12-9(14)13(7-4-10)8-5-11/h2-8H2,1H3,(H,12,14). The molecule has 0 bridgehead atoms. The zero-order valence-corrected chi connectivity index (χ0v) is 10.9. The van der Waals surface area contributed by atoms with E-state index in [9.17, 15) is 0 Å². The average molecular weight is 257 g/mol. The predicted octanol–water partition coefficient (Wildman–Crippen LogP) is 2.44. The number of thiocarbonyl (C=S) groups is 1. The summed E-state index contributed by atoms with van der Waals surface area (Å²) >= 11 is 16.5. The minimum Gasteiger partial charge on any atom is -0.363 e. The fraction of sp³-hybridized carbons (Fsp3) is 0.889. The monoisotopic (exact) mass is 256 g/mol. The molecule has 0 atom stereocenters. The van der Waals surface area contributed by atoms with Gasteiger partial charge >= 0.3 is 0 Å². The molecule has 1 N–H and O–H groups in total. The number of nitrogens with one attached hydrogen (secondary N) is 1. The van der Waals surface area contributed by atoms with Crippen molar-refractivity contribution in [2.45, 2.75) is 19.8 Å². The van der Waals surface area contributed by atoms with Crippen LogP contribution < -0.4 is 5.32 Å². The van der Waals surface area contributed by atoms with Crippen molar-refractivity contribution in [2.75, 3.05) is 31.4 Å². The Balaban J connectivity index is 3.76. The van der Waals surface area contributed by atoms with Crippen LogP contribution in [0.1, 0.15) is 19.8 Å². The lowest BCUT2D eigenvalue weighted by molar-refractivity contribution is 0.460. The van der Waals surface area contributed by atoms with E-state index in [1.54, 1.807) is 0 Å². The van der Waals surface area contributed by atoms with Gasteiger partial charge in [-0.15, -0.1) is 23.2 Å². The van der Waals surface area contributed by atoms with Gasteiger partial charge in [-0.2, -0.15) is 0 Å². The maximum absolute atomic E-state index is 5.67. The molecule has 0 spiro atoms. The topological polar surface area (TPSA) is 15.3 Å². The summed E-state index contributed by atoms with van der Waals surface area (Å²) < 4.78 is 0. The Morgan fingerprint density at radius 3 is 2.29 bits per heavy atom. The van der Waals surface area contributed by atoms with E-state index in [1.807, 2.05) is 4.90 Å². The molecule has 2 nitrogen and oxygen atoms in total. The number of hydrogen-bond acceptors (Lipinski definition) is 1. The number of hydrogen-bond donors (Lipinski definition) is 1. The van der Waals surface area contributed by atoms with Gasteiger partial charge in [-0.25, -0.2) is 0 Å². The van der Waals surface area contributed by atoms with Crippen LogP contribution in [0.3, 0.4) is 0 Å². The average Bonchev–Trinajstić information content (AvgIpc) is 2.18. The Bertz CT molecular complexity index is 150. The minimum absolute atomic E-state index is 0.576. The van der Waals surface area contributed by atoms with Crippen molar-refractivity contribution in [1.29, 1.82) is 0 Å². The van der Waals surface area contributed by atoms with E-state index in [0.717, 1.165) is 31.2 Å². The Morgan fingerprint density at radius 2 is 1.86 bits per heavy atom. The predicted molar refractivity (Wildman–Crippen MR) is 68.5 cm³/mol. The first-order chi connectivity index (χ1) is 6.76. The van der Waals surface area contributed by atoms with Gasteiger partial charge in [0, 0.05) is 31.4 Å². The third-order valence-corrected chi connectivity index (χ3v) is 2.54. The Morgan fingerprint density at radius 1 is 1.29 bits per heavy atom. The molecular weight excluding hydrogens is 239 g/mol. The molecule has 0 aromatic rings. The van der Waals surface area contributed by atoms with E-state index in [0.29, 0.717) is 11.8 Å². The lowest BCUT2D eigenvalue weighted by Gasteiger charge is -2.23. The molecular formula is C9H18Cl2N2S. The molecule has 0 aromatic carbocycles. The highest BCUT2D eigenvalue weighted by atomic mass is 35.5. The van der Waals surface area contributed by atoms with Crippen LogP contribution in [0, 0.1) is 0 Å². The fourth-order valence-corrected chi connectivity index (χ4v) is 1.70. The zero-order chi connectivity index (χ0) is 10.8. The molecule has 0 aromatic heterocycles. The Hall–Kier alpha value is 0.270. The molecule has 0 rings (SSSR count). The minimum atomic E-state index is 0.576. The smallest absolute Gasteiger partial charge is 0.169 e. The summed E-state index contributed by atoms with van der Waals surface area (Å²) in [5.74, 6) is 1.15. The van der Waals surface area contributed by atoms with Crippen LogP contribution in [-0.4, -0.2) is 41.4 Å². The van der Waals surface area contributed by atoms with Gasteiger partial charge in [0.25, 0.3) is 0 Å². The van der Waals surface area contributed by atoms with Crippen LogP contribution in [0.5, 0.6) is 0 Å². The second-order valence-corrected chi connectivity index (χ2v) is 4.09. The van der Waals surface area contributed by atoms with Crippen molar-refractivity contribution in [3.63, 3.8) is 0 Å². The summed E-state index contributed by atoms with van der Waals surface area (Å²) in [6, 6.07) is 0. The summed E-state index contributed by atoms with van der Waals surface area (Å²) in [6.07, 6.45) is 2.30. The van der Waals surface area contributed by atoms with E-state index in [1.165, 1.54) is 6.42 Å². The van der Waals surface area contributed by atoms with Crippen molar-refractivity contribution >= 4 is 40.5 Å². The molecule has 0 saturated heterocycles. The summed E-state index contributed by atoms with van der Waals surface area (Å²) in [5.41, 5.74) is 0. The van der Waals surface area contributed by atoms with Gasteiger partial charge in [0.05, 0.1) is 0 Å². The summed E-state index contributed by atoms with van der Waals surface area (Å²) in [6.45, 7) is 4.59. The van der Waals surface area contributed by atoms with E-state index in [4.69, 9.17) is 35.4 Å². The van der Waals surface area contributed by atoms with Crippen LogP contribution >= 0.6 is 35.4 Å². The maximum Gasteiger partial charge on any atom is 0.169 e. The second kappa shape index (κ2) is 9.81. The van der Waals surface area contributed by atoms with Crippen molar-refractivity contribution in [3.8, 4) is 0 Å². The van der Waals surface area contributed by atoms with E-state index in [-0.39, 0.29) is 0 Å². The fourth-order valence-electron chi connectivity index (χ4n) is 1.00. The number of nitrogens with zero attached hydrogens (tertiary/aromatic N) is 1. The Labute approximate surface area is 102 Å². The molecule has 14 heavy (non-hydrogen) atoms. The number of unbranched alkanes of at least 4 members (excludes halogenated alkanes) is 1. The van der Waals surface area contributed by atoms with Gasteiger partial charge in [-0.3, -0.25) is 0 Å². The Kier molecular flexibility index (Phi) is 10.0. The first-order valence-electron chi connectivity index (χ1n) is 4.91. The van der Waals surface area contributed by atoms with Gasteiger partial charge in [0.1, 0.15) is 0 Å². The maximum atomic E-state index is 5.67. The van der Waals surface area contributed by atoms with Gasteiger partial charge in [0.15, 0.2) is 5.11 Å². The quantitative estimate of drug-likeness (QED) is 0.428. The largest absolute Gasteiger partial charge is 0.363 e. The molecule has 0 unspecified atom stereocenters. The third kappa shape index (κ3) is 6.68. The molecule has 0 fully saturated rings. The molecule has 5 heteroatoms. The van der Waals surface area contributed by atoms with Crippen molar-refractivity contribution < 1.29 is 0 Å². The normalized spacial score (nSPS) is 9.93. The summed E-state index contributed by atoms with van der Waals surface area (Å²) in [7, 11) is 0. The first-order valence-corrected chi connectivity index (χ1v) is 6.38.